The summed E-state index contributed by atoms with van der Waals surface area (Å²) in [6.07, 6.45) is 4.38. The van der Waals surface area contributed by atoms with Crippen LogP contribution in [0.15, 0.2) is 24.3 Å². The molecule has 0 saturated heterocycles. The third kappa shape index (κ3) is 6.66. The fourth-order valence-electron chi connectivity index (χ4n) is 1.85. The van der Waals surface area contributed by atoms with Gasteiger partial charge >= 0.3 is 0 Å². The van der Waals surface area contributed by atoms with Crippen LogP contribution in [0.2, 0.25) is 0 Å². The minimum absolute atomic E-state index is 0.0814. The number of nitrogens with one attached hydrogen (secondary N) is 1. The summed E-state index contributed by atoms with van der Waals surface area (Å²) in [7, 11) is 1.61. The molecule has 0 bridgehead atoms. The number of ether oxygens (including phenoxy) is 2. The largest absolute Gasteiger partial charge is 0.493 e. The third-order valence-electron chi connectivity index (χ3n) is 3.00. The first-order chi connectivity index (χ1) is 10.4. The van der Waals surface area contributed by atoms with Crippen LogP contribution < -0.4 is 14.8 Å². The molecule has 0 unspecified atom stereocenters. The molecule has 4 heteroatoms. The number of amides is 1. The molecule has 1 aromatic carbocycles. The van der Waals surface area contributed by atoms with Crippen molar-refractivity contribution in [3.8, 4) is 11.5 Å². The highest BCUT2D eigenvalue weighted by Gasteiger charge is 2.06. The highest BCUT2D eigenvalue weighted by molar-refractivity contribution is 5.91. The van der Waals surface area contributed by atoms with Crippen molar-refractivity contribution < 1.29 is 14.3 Å². The van der Waals surface area contributed by atoms with Gasteiger partial charge in [-0.15, -0.1) is 0 Å². The zero-order chi connectivity index (χ0) is 16.5. The first-order valence-electron chi connectivity index (χ1n) is 7.73. The van der Waals surface area contributed by atoms with Crippen molar-refractivity contribution in [1.29, 1.82) is 0 Å². The summed E-state index contributed by atoms with van der Waals surface area (Å²) >= 11 is 0. The molecule has 22 heavy (non-hydrogen) atoms. The van der Waals surface area contributed by atoms with E-state index in [4.69, 9.17) is 9.47 Å². The summed E-state index contributed by atoms with van der Waals surface area (Å²) in [5, 5.41) is 2.87. The molecule has 1 N–H and O–H groups in total. The Morgan fingerprint density at radius 2 is 1.95 bits per heavy atom. The number of methoxy groups -OCH3 is 1. The normalized spacial score (nSPS) is 11.2. The Morgan fingerprint density at radius 1 is 1.23 bits per heavy atom. The predicted molar refractivity (Wildman–Crippen MR) is 90.3 cm³/mol. The number of carbonyl (C=O) groups is 1. The molecule has 0 aromatic heterocycles. The number of rotatable bonds is 8. The van der Waals surface area contributed by atoms with Gasteiger partial charge in [0, 0.05) is 12.6 Å². The van der Waals surface area contributed by atoms with Crippen LogP contribution in [0.1, 0.15) is 39.7 Å². The fourth-order valence-corrected chi connectivity index (χ4v) is 1.85. The highest BCUT2D eigenvalue weighted by Crippen LogP contribution is 2.29. The zero-order valence-electron chi connectivity index (χ0n) is 14.2. The van der Waals surface area contributed by atoms with E-state index in [1.54, 1.807) is 13.2 Å². The first-order valence-corrected chi connectivity index (χ1v) is 7.73. The average Bonchev–Trinajstić information content (AvgIpc) is 2.45. The molecule has 0 atom stereocenters. The van der Waals surface area contributed by atoms with Gasteiger partial charge < -0.3 is 14.8 Å². The average molecular weight is 305 g/mol. The Hall–Kier alpha value is -1.97. The Labute approximate surface area is 133 Å². The third-order valence-corrected chi connectivity index (χ3v) is 3.00. The number of hydrogen-bond acceptors (Lipinski definition) is 3. The minimum atomic E-state index is -0.0814. The van der Waals surface area contributed by atoms with Crippen molar-refractivity contribution >= 4 is 12.0 Å². The monoisotopic (exact) mass is 305 g/mol. The molecule has 122 valence electrons. The van der Waals surface area contributed by atoms with Crippen LogP contribution in [0.3, 0.4) is 0 Å². The lowest BCUT2D eigenvalue weighted by atomic mass is 10.1. The number of benzene rings is 1. The van der Waals surface area contributed by atoms with E-state index in [1.807, 2.05) is 32.0 Å². The van der Waals surface area contributed by atoms with E-state index in [0.29, 0.717) is 24.0 Å². The van der Waals surface area contributed by atoms with Crippen LogP contribution in [-0.2, 0) is 4.79 Å². The van der Waals surface area contributed by atoms with Crippen LogP contribution in [-0.4, -0.2) is 25.7 Å². The Bertz CT molecular complexity index is 507. The molecule has 1 rings (SSSR count). The van der Waals surface area contributed by atoms with E-state index in [1.165, 1.54) is 6.08 Å². The van der Waals surface area contributed by atoms with Gasteiger partial charge in [0.25, 0.3) is 0 Å². The van der Waals surface area contributed by atoms with E-state index in [2.05, 4.69) is 19.2 Å². The second-order valence-corrected chi connectivity index (χ2v) is 5.88. The van der Waals surface area contributed by atoms with E-state index in [9.17, 15) is 4.79 Å². The summed E-state index contributed by atoms with van der Waals surface area (Å²) in [5.74, 6) is 1.87. The molecule has 0 heterocycles. The molecular weight excluding hydrogens is 278 g/mol. The van der Waals surface area contributed by atoms with E-state index >= 15 is 0 Å². The molecule has 0 radical (unpaired) electrons. The van der Waals surface area contributed by atoms with Gasteiger partial charge in [0.05, 0.1) is 13.2 Å². The summed E-state index contributed by atoms with van der Waals surface area (Å²) in [5.41, 5.74) is 0.895. The number of carbonyl (C=O) groups excluding carboxylic acids is 1. The van der Waals surface area contributed by atoms with Gasteiger partial charge in [-0.1, -0.05) is 19.9 Å². The lowest BCUT2D eigenvalue weighted by Gasteiger charge is -2.13. The summed E-state index contributed by atoms with van der Waals surface area (Å²) in [6, 6.07) is 5.61. The maximum atomic E-state index is 11.7. The molecule has 0 aliphatic rings. The molecule has 0 saturated carbocycles. The SMILES string of the molecule is COc1cc(C=CC(=O)NCCC(C)C)ccc1OC(C)C. The van der Waals surface area contributed by atoms with Crippen LogP contribution in [0.25, 0.3) is 6.08 Å². The Morgan fingerprint density at radius 3 is 2.55 bits per heavy atom. The summed E-state index contributed by atoms with van der Waals surface area (Å²) in [6.45, 7) is 8.90. The lowest BCUT2D eigenvalue weighted by Crippen LogP contribution is -2.23. The minimum Gasteiger partial charge on any atom is -0.493 e. The standard InChI is InChI=1S/C18H27NO3/c1-13(2)10-11-19-18(20)9-7-15-6-8-16(22-14(3)4)17(12-15)21-5/h6-9,12-14H,10-11H2,1-5H3,(H,19,20). The molecule has 0 aliphatic heterocycles. The summed E-state index contributed by atoms with van der Waals surface area (Å²) < 4.78 is 11.0. The van der Waals surface area contributed by atoms with Crippen LogP contribution >= 0.6 is 0 Å². The maximum Gasteiger partial charge on any atom is 0.243 e. The molecule has 0 fully saturated rings. The molecule has 4 nitrogen and oxygen atoms in total. The van der Waals surface area contributed by atoms with Gasteiger partial charge in [-0.2, -0.15) is 0 Å². The molecule has 0 aliphatic carbocycles. The maximum absolute atomic E-state index is 11.7. The van der Waals surface area contributed by atoms with Crippen molar-refractivity contribution in [1.82, 2.24) is 5.32 Å². The van der Waals surface area contributed by atoms with Crippen LogP contribution in [0.4, 0.5) is 0 Å². The second kappa shape index (κ2) is 9.13. The van der Waals surface area contributed by atoms with Gasteiger partial charge in [0.15, 0.2) is 11.5 Å². The van der Waals surface area contributed by atoms with Gasteiger partial charge in [0.2, 0.25) is 5.91 Å². The Kier molecular flexibility index (Phi) is 7.50. The van der Waals surface area contributed by atoms with Crippen LogP contribution in [0, 0.1) is 5.92 Å². The van der Waals surface area contributed by atoms with Crippen molar-refractivity contribution in [3.05, 3.63) is 29.8 Å². The van der Waals surface area contributed by atoms with Crippen LogP contribution in [0.5, 0.6) is 11.5 Å². The molecule has 1 amide bonds. The van der Waals surface area contributed by atoms with E-state index in [0.717, 1.165) is 12.0 Å². The summed E-state index contributed by atoms with van der Waals surface area (Å²) in [4.78, 5) is 11.7. The topological polar surface area (TPSA) is 47.6 Å². The van der Waals surface area contributed by atoms with Gasteiger partial charge in [-0.05, 0) is 50.0 Å². The van der Waals surface area contributed by atoms with E-state index in [-0.39, 0.29) is 12.0 Å². The van der Waals surface area contributed by atoms with Gasteiger partial charge in [-0.3, -0.25) is 4.79 Å². The first kappa shape index (κ1) is 18.1. The van der Waals surface area contributed by atoms with Crippen molar-refractivity contribution in [2.75, 3.05) is 13.7 Å². The quantitative estimate of drug-likeness (QED) is 0.746. The predicted octanol–water partition coefficient (Wildman–Crippen LogP) is 3.66. The lowest BCUT2D eigenvalue weighted by molar-refractivity contribution is -0.116. The zero-order valence-corrected chi connectivity index (χ0v) is 14.2. The van der Waals surface area contributed by atoms with Gasteiger partial charge in [0.1, 0.15) is 0 Å². The van der Waals surface area contributed by atoms with Crippen molar-refractivity contribution in [3.63, 3.8) is 0 Å². The van der Waals surface area contributed by atoms with Crippen molar-refractivity contribution in [2.45, 2.75) is 40.2 Å². The van der Waals surface area contributed by atoms with E-state index < -0.39 is 0 Å². The molecular formula is C18H27NO3. The second-order valence-electron chi connectivity index (χ2n) is 5.88. The van der Waals surface area contributed by atoms with Crippen molar-refractivity contribution in [2.24, 2.45) is 5.92 Å². The fraction of sp³-hybridized carbons (Fsp3) is 0.500. The number of hydrogen-bond donors (Lipinski definition) is 1. The van der Waals surface area contributed by atoms with Gasteiger partial charge in [-0.25, -0.2) is 0 Å². The Balaban J connectivity index is 2.65. The molecule has 1 aromatic rings. The highest BCUT2D eigenvalue weighted by atomic mass is 16.5. The molecule has 0 spiro atoms. The smallest absolute Gasteiger partial charge is 0.243 e.